The van der Waals surface area contributed by atoms with Crippen molar-refractivity contribution in [3.8, 4) is 0 Å². The molecule has 1 heterocycles. The summed E-state index contributed by atoms with van der Waals surface area (Å²) in [5.74, 6) is 2.63. The van der Waals surface area contributed by atoms with Crippen LogP contribution in [0.15, 0.2) is 0 Å². The Bertz CT molecular complexity index is 348. The van der Waals surface area contributed by atoms with Crippen molar-refractivity contribution in [2.24, 2.45) is 11.8 Å². The van der Waals surface area contributed by atoms with Crippen molar-refractivity contribution in [3.63, 3.8) is 0 Å². The zero-order valence-electron chi connectivity index (χ0n) is 10.1. The van der Waals surface area contributed by atoms with E-state index >= 15 is 0 Å². The van der Waals surface area contributed by atoms with Crippen molar-refractivity contribution in [3.05, 3.63) is 11.1 Å². The average molecular weight is 242 g/mol. The molecule has 0 bridgehead atoms. The third-order valence-corrected chi connectivity index (χ3v) is 3.86. The van der Waals surface area contributed by atoms with Gasteiger partial charge in [-0.25, -0.2) is 0 Å². The highest BCUT2D eigenvalue weighted by Crippen LogP contribution is 2.30. The van der Waals surface area contributed by atoms with E-state index in [9.17, 15) is 0 Å². The van der Waals surface area contributed by atoms with E-state index in [0.29, 0.717) is 5.28 Å². The highest BCUT2D eigenvalue weighted by Gasteiger charge is 2.21. The molecule has 2 unspecified atom stereocenters. The van der Waals surface area contributed by atoms with Gasteiger partial charge in [0.2, 0.25) is 5.28 Å². The van der Waals surface area contributed by atoms with Crippen LogP contribution in [0.5, 0.6) is 0 Å². The predicted octanol–water partition coefficient (Wildman–Crippen LogP) is 3.32. The Balaban J connectivity index is 2.04. The number of hydrogen-bond acceptors (Lipinski definition) is 2. The Morgan fingerprint density at radius 3 is 2.88 bits per heavy atom. The van der Waals surface area contributed by atoms with Crippen molar-refractivity contribution in [1.82, 2.24) is 14.8 Å². The second-order valence-corrected chi connectivity index (χ2v) is 5.33. The second kappa shape index (κ2) is 5.17. The number of nitrogens with zero attached hydrogens (tertiary/aromatic N) is 3. The Kier molecular flexibility index (Phi) is 3.85. The molecule has 0 saturated heterocycles. The minimum Gasteiger partial charge on any atom is -0.302 e. The van der Waals surface area contributed by atoms with Gasteiger partial charge in [0.05, 0.1) is 0 Å². The van der Waals surface area contributed by atoms with E-state index < -0.39 is 0 Å². The molecular weight excluding hydrogens is 222 g/mol. The first kappa shape index (κ1) is 11.9. The van der Waals surface area contributed by atoms with Crippen LogP contribution in [0.25, 0.3) is 0 Å². The van der Waals surface area contributed by atoms with Gasteiger partial charge in [-0.05, 0) is 36.3 Å². The molecule has 1 aromatic heterocycles. The molecule has 0 N–H and O–H groups in total. The van der Waals surface area contributed by atoms with Gasteiger partial charge in [0.15, 0.2) is 0 Å². The molecule has 90 valence electrons. The molecule has 0 spiro atoms. The molecule has 1 saturated carbocycles. The molecule has 0 amide bonds. The summed E-state index contributed by atoms with van der Waals surface area (Å²) < 4.78 is 2.09. The summed E-state index contributed by atoms with van der Waals surface area (Å²) in [7, 11) is 0. The van der Waals surface area contributed by atoms with E-state index in [1.807, 2.05) is 0 Å². The van der Waals surface area contributed by atoms with Gasteiger partial charge in [-0.3, -0.25) is 0 Å². The van der Waals surface area contributed by atoms with Crippen molar-refractivity contribution < 1.29 is 0 Å². The van der Waals surface area contributed by atoms with Crippen molar-refractivity contribution in [2.45, 2.75) is 52.5 Å². The Morgan fingerprint density at radius 2 is 2.19 bits per heavy atom. The normalized spacial score (nSPS) is 25.9. The van der Waals surface area contributed by atoms with E-state index in [2.05, 4.69) is 28.6 Å². The van der Waals surface area contributed by atoms with Crippen LogP contribution in [0.2, 0.25) is 5.28 Å². The topological polar surface area (TPSA) is 30.7 Å². The van der Waals surface area contributed by atoms with Gasteiger partial charge >= 0.3 is 0 Å². The lowest BCUT2D eigenvalue weighted by Crippen LogP contribution is -2.19. The Hall–Kier alpha value is -0.570. The highest BCUT2D eigenvalue weighted by atomic mass is 35.5. The maximum atomic E-state index is 6.07. The van der Waals surface area contributed by atoms with Gasteiger partial charge in [-0.15, -0.1) is 10.2 Å². The number of rotatable bonds is 3. The fraction of sp³-hybridized carbons (Fsp3) is 0.833. The van der Waals surface area contributed by atoms with E-state index in [-0.39, 0.29) is 0 Å². The van der Waals surface area contributed by atoms with Gasteiger partial charge in [-0.2, -0.15) is 0 Å². The van der Waals surface area contributed by atoms with Crippen LogP contribution < -0.4 is 0 Å². The fourth-order valence-corrected chi connectivity index (χ4v) is 2.94. The van der Waals surface area contributed by atoms with E-state index in [1.165, 1.54) is 25.7 Å². The van der Waals surface area contributed by atoms with Gasteiger partial charge < -0.3 is 4.57 Å². The van der Waals surface area contributed by atoms with Crippen molar-refractivity contribution in [1.29, 1.82) is 0 Å². The summed E-state index contributed by atoms with van der Waals surface area (Å²) in [6.45, 7) is 5.44. The van der Waals surface area contributed by atoms with E-state index in [0.717, 1.165) is 30.6 Å². The first-order chi connectivity index (χ1) is 7.70. The van der Waals surface area contributed by atoms with Crippen LogP contribution in [0.1, 0.15) is 45.4 Å². The first-order valence-electron chi connectivity index (χ1n) is 6.28. The molecular formula is C12H20ClN3. The number of halogens is 1. The van der Waals surface area contributed by atoms with Gasteiger partial charge in [-0.1, -0.05) is 26.7 Å². The molecule has 2 atom stereocenters. The lowest BCUT2D eigenvalue weighted by molar-refractivity contribution is 0.255. The predicted molar refractivity (Wildman–Crippen MR) is 65.5 cm³/mol. The Morgan fingerprint density at radius 1 is 1.38 bits per heavy atom. The van der Waals surface area contributed by atoms with E-state index in [4.69, 9.17) is 11.6 Å². The number of aromatic nitrogens is 3. The van der Waals surface area contributed by atoms with Crippen LogP contribution in [-0.4, -0.2) is 14.8 Å². The molecule has 16 heavy (non-hydrogen) atoms. The Labute approximate surface area is 102 Å². The summed E-state index contributed by atoms with van der Waals surface area (Å²) in [4.78, 5) is 0. The molecule has 2 rings (SSSR count). The van der Waals surface area contributed by atoms with Gasteiger partial charge in [0, 0.05) is 13.0 Å². The van der Waals surface area contributed by atoms with Crippen molar-refractivity contribution >= 4 is 11.6 Å². The fourth-order valence-electron chi connectivity index (χ4n) is 2.74. The summed E-state index contributed by atoms with van der Waals surface area (Å²) in [5.41, 5.74) is 0. The summed E-state index contributed by atoms with van der Waals surface area (Å²) in [6.07, 6.45) is 6.28. The molecule has 1 fully saturated rings. The minimum absolute atomic E-state index is 0.551. The van der Waals surface area contributed by atoms with Crippen LogP contribution in [0.4, 0.5) is 0 Å². The van der Waals surface area contributed by atoms with E-state index in [1.54, 1.807) is 0 Å². The SMILES string of the molecule is CCc1nnc(Cl)n1CC1CCCC(C)C1. The molecule has 1 aliphatic rings. The zero-order valence-corrected chi connectivity index (χ0v) is 10.9. The lowest BCUT2D eigenvalue weighted by atomic mass is 9.82. The summed E-state index contributed by atoms with van der Waals surface area (Å²) in [6, 6.07) is 0. The standard InChI is InChI=1S/C12H20ClN3/c1-3-11-14-15-12(13)16(11)8-10-6-4-5-9(2)7-10/h9-10H,3-8H2,1-2H3. The number of hydrogen-bond donors (Lipinski definition) is 0. The number of aryl methyl sites for hydroxylation is 1. The smallest absolute Gasteiger partial charge is 0.225 e. The maximum absolute atomic E-state index is 6.07. The third kappa shape index (κ3) is 2.57. The molecule has 0 radical (unpaired) electrons. The largest absolute Gasteiger partial charge is 0.302 e. The lowest BCUT2D eigenvalue weighted by Gasteiger charge is -2.27. The molecule has 3 nitrogen and oxygen atoms in total. The van der Waals surface area contributed by atoms with Crippen LogP contribution >= 0.6 is 11.6 Å². The molecule has 1 aliphatic carbocycles. The van der Waals surface area contributed by atoms with Gasteiger partial charge in [0.1, 0.15) is 5.82 Å². The third-order valence-electron chi connectivity index (χ3n) is 3.58. The monoisotopic (exact) mass is 241 g/mol. The molecule has 1 aromatic rings. The van der Waals surface area contributed by atoms with Crippen LogP contribution in [-0.2, 0) is 13.0 Å². The quantitative estimate of drug-likeness (QED) is 0.813. The van der Waals surface area contributed by atoms with Gasteiger partial charge in [0.25, 0.3) is 0 Å². The minimum atomic E-state index is 0.551. The second-order valence-electron chi connectivity index (χ2n) is 4.99. The summed E-state index contributed by atoms with van der Waals surface area (Å²) in [5, 5.41) is 8.60. The summed E-state index contributed by atoms with van der Waals surface area (Å²) >= 11 is 6.07. The molecule has 0 aliphatic heterocycles. The van der Waals surface area contributed by atoms with Crippen LogP contribution in [0.3, 0.4) is 0 Å². The molecule has 4 heteroatoms. The molecule has 0 aromatic carbocycles. The average Bonchev–Trinajstić information content (AvgIpc) is 2.60. The van der Waals surface area contributed by atoms with Crippen LogP contribution in [0, 0.1) is 11.8 Å². The first-order valence-corrected chi connectivity index (χ1v) is 6.66. The maximum Gasteiger partial charge on any atom is 0.225 e. The highest BCUT2D eigenvalue weighted by molar-refractivity contribution is 6.28. The van der Waals surface area contributed by atoms with Crippen molar-refractivity contribution in [2.75, 3.05) is 0 Å². The zero-order chi connectivity index (χ0) is 11.5.